The molecule has 0 radical (unpaired) electrons. The predicted molar refractivity (Wildman–Crippen MR) is 106 cm³/mol. The Morgan fingerprint density at radius 1 is 1.08 bits per heavy atom. The van der Waals surface area contributed by atoms with Gasteiger partial charge in [-0.25, -0.2) is 4.79 Å². The highest BCUT2D eigenvalue weighted by Gasteiger charge is 2.31. The van der Waals surface area contributed by atoms with Crippen LogP contribution < -0.4 is 5.11 Å². The third-order valence-electron chi connectivity index (χ3n) is 2.63. The Bertz CT molecular complexity index is 627. The molecule has 1 rings (SSSR count). The lowest BCUT2D eigenvalue weighted by molar-refractivity contribution is -0.363. The van der Waals surface area contributed by atoms with Crippen molar-refractivity contribution in [1.82, 2.24) is 0 Å². The van der Waals surface area contributed by atoms with Crippen molar-refractivity contribution >= 4 is 79.7 Å². The SMILES string of the molecule is O=C(OCCOCCCOC(F)(F)C(=O)[O-])c1cc(I)cc(I)c1I. The Balaban J connectivity index is 2.22. The monoisotopic (exact) mass is 695 g/mol. The molecule has 0 saturated heterocycles. The number of ether oxygens (including phenoxy) is 3. The minimum Gasteiger partial charge on any atom is -0.542 e. The number of halogens is 5. The van der Waals surface area contributed by atoms with Gasteiger partial charge in [0.15, 0.2) is 0 Å². The van der Waals surface area contributed by atoms with E-state index in [9.17, 15) is 23.5 Å². The van der Waals surface area contributed by atoms with E-state index in [0.29, 0.717) is 5.56 Å². The molecule has 1 aromatic carbocycles. The Labute approximate surface area is 183 Å². The maximum Gasteiger partial charge on any atom is 0.397 e. The van der Waals surface area contributed by atoms with Crippen LogP contribution in [0.2, 0.25) is 0 Å². The van der Waals surface area contributed by atoms with Crippen LogP contribution in [0.3, 0.4) is 0 Å². The van der Waals surface area contributed by atoms with Gasteiger partial charge in [-0.15, -0.1) is 0 Å². The first-order chi connectivity index (χ1) is 11.6. The van der Waals surface area contributed by atoms with Crippen molar-refractivity contribution in [2.75, 3.05) is 26.4 Å². The van der Waals surface area contributed by atoms with Gasteiger partial charge in [0, 0.05) is 17.3 Å². The Morgan fingerprint density at radius 2 is 1.76 bits per heavy atom. The van der Waals surface area contributed by atoms with Crippen molar-refractivity contribution < 1.29 is 37.7 Å². The third-order valence-corrected chi connectivity index (χ3v) is 6.30. The smallest absolute Gasteiger partial charge is 0.397 e. The average Bonchev–Trinajstić information content (AvgIpc) is 2.52. The molecule has 0 unspecified atom stereocenters. The minimum atomic E-state index is -4.31. The van der Waals surface area contributed by atoms with Gasteiger partial charge in [0.1, 0.15) is 12.6 Å². The summed E-state index contributed by atoms with van der Waals surface area (Å²) in [5.41, 5.74) is 0.467. The molecule has 0 aromatic heterocycles. The van der Waals surface area contributed by atoms with E-state index < -0.39 is 24.7 Å². The summed E-state index contributed by atoms with van der Waals surface area (Å²) >= 11 is 6.31. The standard InChI is InChI=1S/C14H13F2I3O6/c15-14(16,13(21)22)25-3-1-2-23-4-5-24-12(20)9-6-8(17)7-10(18)11(9)19/h6-7H,1-5H2,(H,21,22)/p-1. The van der Waals surface area contributed by atoms with Gasteiger partial charge < -0.3 is 24.1 Å². The fourth-order valence-corrected chi connectivity index (χ4v) is 3.87. The molecule has 0 fully saturated rings. The second-order valence-electron chi connectivity index (χ2n) is 4.50. The highest BCUT2D eigenvalue weighted by atomic mass is 127. The molecule has 11 heteroatoms. The molecule has 6 nitrogen and oxygen atoms in total. The molecule has 0 aliphatic rings. The second kappa shape index (κ2) is 11.1. The normalized spacial score (nSPS) is 11.4. The number of rotatable bonds is 10. The molecular weight excluding hydrogens is 683 g/mol. The largest absolute Gasteiger partial charge is 0.542 e. The summed E-state index contributed by atoms with van der Waals surface area (Å²) in [5, 5.41) is 10.0. The topological polar surface area (TPSA) is 84.9 Å². The van der Waals surface area contributed by atoms with Gasteiger partial charge in [0.25, 0.3) is 0 Å². The van der Waals surface area contributed by atoms with E-state index in [0.717, 1.165) is 10.7 Å². The molecule has 0 saturated carbocycles. The second-order valence-corrected chi connectivity index (χ2v) is 7.99. The van der Waals surface area contributed by atoms with Gasteiger partial charge in [-0.3, -0.25) is 0 Å². The minimum absolute atomic E-state index is 0.00697. The van der Waals surface area contributed by atoms with E-state index in [2.05, 4.69) is 72.5 Å². The number of carboxylic acid groups (broad SMARTS) is 1. The molecule has 0 aliphatic carbocycles. The number of alkyl halides is 2. The Morgan fingerprint density at radius 3 is 2.40 bits per heavy atom. The summed E-state index contributed by atoms with van der Waals surface area (Å²) in [6.07, 6.45) is -4.25. The van der Waals surface area contributed by atoms with Crippen LogP contribution in [0, 0.1) is 10.7 Å². The van der Waals surface area contributed by atoms with Crippen LogP contribution in [-0.4, -0.2) is 44.5 Å². The predicted octanol–water partition coefficient (Wildman–Crippen LogP) is 2.42. The lowest BCUT2D eigenvalue weighted by atomic mass is 10.2. The molecule has 0 N–H and O–H groups in total. The molecule has 0 heterocycles. The first-order valence-electron chi connectivity index (χ1n) is 6.77. The summed E-state index contributed by atoms with van der Waals surface area (Å²) in [6.45, 7) is -0.355. The Kier molecular flexibility index (Phi) is 10.3. The average molecular weight is 695 g/mol. The zero-order valence-corrected chi connectivity index (χ0v) is 19.0. The van der Waals surface area contributed by atoms with Gasteiger partial charge >= 0.3 is 12.1 Å². The van der Waals surface area contributed by atoms with E-state index in [1.165, 1.54) is 0 Å². The Hall–Kier alpha value is 0.130. The van der Waals surface area contributed by atoms with Crippen LogP contribution in [0.25, 0.3) is 0 Å². The summed E-state index contributed by atoms with van der Waals surface area (Å²) in [5.74, 6) is -3.05. The van der Waals surface area contributed by atoms with Gasteiger partial charge in [0.05, 0.1) is 18.8 Å². The number of benzene rings is 1. The third kappa shape index (κ3) is 8.13. The van der Waals surface area contributed by atoms with E-state index in [1.54, 1.807) is 6.07 Å². The van der Waals surface area contributed by atoms with Crippen molar-refractivity contribution in [3.8, 4) is 0 Å². The molecule has 0 bridgehead atoms. The lowest BCUT2D eigenvalue weighted by Crippen LogP contribution is -2.43. The van der Waals surface area contributed by atoms with Crippen molar-refractivity contribution in [3.05, 3.63) is 28.4 Å². The van der Waals surface area contributed by atoms with Crippen molar-refractivity contribution in [2.45, 2.75) is 12.5 Å². The highest BCUT2D eigenvalue weighted by Crippen LogP contribution is 2.23. The zero-order valence-electron chi connectivity index (χ0n) is 12.5. The summed E-state index contributed by atoms with van der Waals surface area (Å²) in [6, 6.07) is 3.66. The molecule has 140 valence electrons. The van der Waals surface area contributed by atoms with Gasteiger partial charge in [-0.2, -0.15) is 8.78 Å². The van der Waals surface area contributed by atoms with Gasteiger partial charge in [0.2, 0.25) is 0 Å². The first-order valence-corrected chi connectivity index (χ1v) is 10.0. The number of esters is 1. The molecule has 1 aromatic rings. The number of carbonyl (C=O) groups excluding carboxylic acids is 2. The van der Waals surface area contributed by atoms with Gasteiger partial charge in [-0.05, 0) is 86.3 Å². The highest BCUT2D eigenvalue weighted by molar-refractivity contribution is 14.1. The molecule has 25 heavy (non-hydrogen) atoms. The number of aliphatic carboxylic acids is 1. The van der Waals surface area contributed by atoms with Crippen LogP contribution >= 0.6 is 67.8 Å². The molecular formula is C14H12F2I3O6-. The van der Waals surface area contributed by atoms with Crippen LogP contribution in [0.5, 0.6) is 0 Å². The van der Waals surface area contributed by atoms with Crippen LogP contribution in [0.4, 0.5) is 8.78 Å². The number of carbonyl (C=O) groups is 2. The fraction of sp³-hybridized carbons (Fsp3) is 0.429. The van der Waals surface area contributed by atoms with E-state index in [4.69, 9.17) is 9.47 Å². The van der Waals surface area contributed by atoms with E-state index in [-0.39, 0.29) is 26.2 Å². The molecule has 0 spiro atoms. The summed E-state index contributed by atoms with van der Waals surface area (Å²) in [4.78, 5) is 22.0. The number of hydrogen-bond donors (Lipinski definition) is 0. The lowest BCUT2D eigenvalue weighted by Gasteiger charge is -2.17. The van der Waals surface area contributed by atoms with Crippen molar-refractivity contribution in [2.24, 2.45) is 0 Å². The zero-order chi connectivity index (χ0) is 19.0. The van der Waals surface area contributed by atoms with Crippen LogP contribution in [0.15, 0.2) is 12.1 Å². The van der Waals surface area contributed by atoms with Crippen LogP contribution in [0.1, 0.15) is 16.8 Å². The summed E-state index contributed by atoms with van der Waals surface area (Å²) in [7, 11) is 0. The number of hydrogen-bond acceptors (Lipinski definition) is 6. The van der Waals surface area contributed by atoms with Crippen LogP contribution in [-0.2, 0) is 19.0 Å². The summed E-state index contributed by atoms with van der Waals surface area (Å²) < 4.78 is 41.8. The van der Waals surface area contributed by atoms with E-state index >= 15 is 0 Å². The van der Waals surface area contributed by atoms with Crippen molar-refractivity contribution in [1.29, 1.82) is 0 Å². The quantitative estimate of drug-likeness (QED) is 0.162. The first kappa shape index (κ1) is 23.2. The molecule has 0 atom stereocenters. The molecule has 0 amide bonds. The van der Waals surface area contributed by atoms with Gasteiger partial charge in [-0.1, -0.05) is 0 Å². The van der Waals surface area contributed by atoms with E-state index in [1.807, 2.05) is 6.07 Å². The molecule has 0 aliphatic heterocycles. The fourth-order valence-electron chi connectivity index (χ4n) is 1.50. The van der Waals surface area contributed by atoms with Crippen molar-refractivity contribution in [3.63, 3.8) is 0 Å². The number of carboxylic acids is 1. The maximum absolute atomic E-state index is 12.5. The maximum atomic E-state index is 12.5.